The minimum atomic E-state index is -0.200. The molecular formula is C9H5BrClNO. The fourth-order valence-electron chi connectivity index (χ4n) is 1.02. The molecule has 0 radical (unpaired) electrons. The Morgan fingerprint density at radius 2 is 2.23 bits per heavy atom. The maximum absolute atomic E-state index is 11.1. The molecule has 0 aliphatic heterocycles. The Kier molecular flexibility index (Phi) is 3.07. The Balaban J connectivity index is 3.50. The molecule has 0 saturated heterocycles. The Morgan fingerprint density at radius 3 is 2.69 bits per heavy atom. The first kappa shape index (κ1) is 10.2. The number of carbonyl (C=O) groups is 1. The number of hydrogen-bond acceptors (Lipinski definition) is 2. The van der Waals surface area contributed by atoms with Crippen LogP contribution in [0.5, 0.6) is 0 Å². The summed E-state index contributed by atoms with van der Waals surface area (Å²) in [6.45, 7) is 1.38. The molecule has 13 heavy (non-hydrogen) atoms. The van der Waals surface area contributed by atoms with Crippen molar-refractivity contribution >= 4 is 33.3 Å². The van der Waals surface area contributed by atoms with Gasteiger partial charge in [0.05, 0.1) is 22.2 Å². The van der Waals surface area contributed by atoms with Gasteiger partial charge in [-0.15, -0.1) is 0 Å². The molecule has 0 saturated carbocycles. The van der Waals surface area contributed by atoms with Gasteiger partial charge in [0.2, 0.25) is 0 Å². The lowest BCUT2D eigenvalue weighted by Gasteiger charge is -2.02. The van der Waals surface area contributed by atoms with E-state index in [1.54, 1.807) is 12.1 Å². The highest BCUT2D eigenvalue weighted by Gasteiger charge is 2.12. The number of halogens is 2. The van der Waals surface area contributed by atoms with Gasteiger partial charge < -0.3 is 0 Å². The van der Waals surface area contributed by atoms with E-state index in [1.807, 2.05) is 6.07 Å². The van der Waals surface area contributed by atoms with Crippen LogP contribution < -0.4 is 0 Å². The van der Waals surface area contributed by atoms with Crippen LogP contribution in [0.15, 0.2) is 16.6 Å². The Morgan fingerprint density at radius 1 is 1.62 bits per heavy atom. The maximum Gasteiger partial charge on any atom is 0.162 e. The van der Waals surface area contributed by atoms with Gasteiger partial charge in [0, 0.05) is 4.47 Å². The summed E-state index contributed by atoms with van der Waals surface area (Å²) in [5.41, 5.74) is 0.583. The Bertz CT molecular complexity index is 409. The van der Waals surface area contributed by atoms with E-state index in [4.69, 9.17) is 16.9 Å². The number of hydrogen-bond donors (Lipinski definition) is 0. The molecule has 0 aromatic heterocycles. The van der Waals surface area contributed by atoms with Crippen molar-refractivity contribution in [3.63, 3.8) is 0 Å². The molecule has 0 amide bonds. The summed E-state index contributed by atoms with van der Waals surface area (Å²) in [5.74, 6) is -0.200. The summed E-state index contributed by atoms with van der Waals surface area (Å²) in [6.07, 6.45) is 0. The van der Waals surface area contributed by atoms with E-state index >= 15 is 0 Å². The van der Waals surface area contributed by atoms with Crippen molar-refractivity contribution in [2.45, 2.75) is 6.92 Å². The summed E-state index contributed by atoms with van der Waals surface area (Å²) < 4.78 is 0.694. The van der Waals surface area contributed by atoms with Crippen molar-refractivity contribution in [1.29, 1.82) is 5.26 Å². The van der Waals surface area contributed by atoms with E-state index in [-0.39, 0.29) is 11.3 Å². The van der Waals surface area contributed by atoms with Crippen molar-refractivity contribution in [2.75, 3.05) is 0 Å². The molecule has 0 bridgehead atoms. The minimum absolute atomic E-state index is 0.200. The monoisotopic (exact) mass is 257 g/mol. The van der Waals surface area contributed by atoms with E-state index in [9.17, 15) is 4.79 Å². The molecule has 2 nitrogen and oxygen atoms in total. The summed E-state index contributed by atoms with van der Waals surface area (Å²) in [7, 11) is 0. The fourth-order valence-corrected chi connectivity index (χ4v) is 1.96. The molecule has 1 aromatic rings. The molecule has 1 aromatic carbocycles. The van der Waals surface area contributed by atoms with E-state index in [2.05, 4.69) is 15.9 Å². The largest absolute Gasteiger partial charge is 0.294 e. The topological polar surface area (TPSA) is 40.9 Å². The predicted molar refractivity (Wildman–Crippen MR) is 53.9 cm³/mol. The first-order valence-corrected chi connectivity index (χ1v) is 4.63. The van der Waals surface area contributed by atoms with E-state index < -0.39 is 0 Å². The number of benzene rings is 1. The average Bonchev–Trinajstić information content (AvgIpc) is 2.01. The molecule has 1 rings (SSSR count). The summed E-state index contributed by atoms with van der Waals surface area (Å²) in [6, 6.07) is 5.09. The van der Waals surface area contributed by atoms with Gasteiger partial charge in [0.1, 0.15) is 0 Å². The maximum atomic E-state index is 11.1. The van der Waals surface area contributed by atoms with Gasteiger partial charge >= 0.3 is 0 Å². The predicted octanol–water partition coefficient (Wildman–Crippen LogP) is 3.18. The van der Waals surface area contributed by atoms with Crippen LogP contribution in [0.4, 0.5) is 0 Å². The van der Waals surface area contributed by atoms with Gasteiger partial charge in [-0.25, -0.2) is 0 Å². The molecular weight excluding hydrogens is 253 g/mol. The number of Topliss-reactive ketones (excluding diaryl/α,β-unsaturated/α-hetero) is 1. The van der Waals surface area contributed by atoms with Crippen LogP contribution in [0.2, 0.25) is 5.02 Å². The minimum Gasteiger partial charge on any atom is -0.294 e. The average molecular weight is 259 g/mol. The molecule has 4 heteroatoms. The molecule has 0 aliphatic carbocycles. The highest BCUT2D eigenvalue weighted by atomic mass is 79.9. The van der Waals surface area contributed by atoms with E-state index in [0.29, 0.717) is 15.1 Å². The van der Waals surface area contributed by atoms with Gasteiger partial charge in [-0.2, -0.15) is 5.26 Å². The first-order chi connectivity index (χ1) is 6.06. The lowest BCUT2D eigenvalue weighted by Crippen LogP contribution is -1.97. The SMILES string of the molecule is CC(=O)c1c(Cl)cc(Br)cc1C#N. The lowest BCUT2D eigenvalue weighted by atomic mass is 10.1. The highest BCUT2D eigenvalue weighted by Crippen LogP contribution is 2.25. The third-order valence-corrected chi connectivity index (χ3v) is 2.28. The Hall–Kier alpha value is -0.850. The van der Waals surface area contributed by atoms with Gasteiger partial charge in [0.15, 0.2) is 5.78 Å². The third-order valence-electron chi connectivity index (χ3n) is 1.53. The summed E-state index contributed by atoms with van der Waals surface area (Å²) in [5, 5.41) is 9.04. The van der Waals surface area contributed by atoms with Gasteiger partial charge in [0.25, 0.3) is 0 Å². The standard InChI is InChI=1S/C9H5BrClNO/c1-5(13)9-6(4-12)2-7(10)3-8(9)11/h2-3H,1H3. The number of ketones is 1. The molecule has 0 unspecified atom stereocenters. The van der Waals surface area contributed by atoms with Crippen molar-refractivity contribution in [1.82, 2.24) is 0 Å². The number of nitrogens with zero attached hydrogens (tertiary/aromatic N) is 1. The lowest BCUT2D eigenvalue weighted by molar-refractivity contribution is 0.101. The zero-order valence-electron chi connectivity index (χ0n) is 6.77. The molecule has 66 valence electrons. The van der Waals surface area contributed by atoms with E-state index in [1.165, 1.54) is 6.92 Å². The van der Waals surface area contributed by atoms with Crippen LogP contribution in [0.25, 0.3) is 0 Å². The number of carbonyl (C=O) groups excluding carboxylic acids is 1. The highest BCUT2D eigenvalue weighted by molar-refractivity contribution is 9.10. The number of rotatable bonds is 1. The summed E-state index contributed by atoms with van der Waals surface area (Å²) in [4.78, 5) is 11.1. The zero-order valence-corrected chi connectivity index (χ0v) is 9.11. The quantitative estimate of drug-likeness (QED) is 0.726. The van der Waals surface area contributed by atoms with Crippen LogP contribution in [0.3, 0.4) is 0 Å². The smallest absolute Gasteiger partial charge is 0.162 e. The summed E-state index contributed by atoms with van der Waals surface area (Å²) >= 11 is 9.00. The van der Waals surface area contributed by atoms with Crippen molar-refractivity contribution in [2.24, 2.45) is 0 Å². The van der Waals surface area contributed by atoms with Crippen molar-refractivity contribution < 1.29 is 4.79 Å². The fraction of sp³-hybridized carbons (Fsp3) is 0.111. The normalized spacial score (nSPS) is 9.38. The molecule has 0 fully saturated rings. The van der Waals surface area contributed by atoms with E-state index in [0.717, 1.165) is 0 Å². The first-order valence-electron chi connectivity index (χ1n) is 3.46. The Labute approximate surface area is 89.3 Å². The number of nitriles is 1. The molecule has 0 heterocycles. The molecule has 0 aliphatic rings. The zero-order chi connectivity index (χ0) is 10.0. The van der Waals surface area contributed by atoms with Crippen molar-refractivity contribution in [3.8, 4) is 6.07 Å². The second-order valence-corrected chi connectivity index (χ2v) is 3.80. The molecule has 0 N–H and O–H groups in total. The van der Waals surface area contributed by atoms with Crippen LogP contribution in [0, 0.1) is 11.3 Å². The van der Waals surface area contributed by atoms with Gasteiger partial charge in [-0.05, 0) is 19.1 Å². The second kappa shape index (κ2) is 3.91. The molecule has 0 spiro atoms. The third kappa shape index (κ3) is 2.09. The molecule has 0 atom stereocenters. The van der Waals surface area contributed by atoms with Gasteiger partial charge in [-0.3, -0.25) is 4.79 Å². The van der Waals surface area contributed by atoms with Crippen LogP contribution in [0.1, 0.15) is 22.8 Å². The van der Waals surface area contributed by atoms with Crippen LogP contribution in [-0.4, -0.2) is 5.78 Å². The van der Waals surface area contributed by atoms with Crippen molar-refractivity contribution in [3.05, 3.63) is 32.8 Å². The van der Waals surface area contributed by atoms with Crippen LogP contribution >= 0.6 is 27.5 Å². The van der Waals surface area contributed by atoms with Crippen LogP contribution in [-0.2, 0) is 0 Å². The van der Waals surface area contributed by atoms with Gasteiger partial charge in [-0.1, -0.05) is 27.5 Å². The second-order valence-electron chi connectivity index (χ2n) is 2.48.